The van der Waals surface area contributed by atoms with Gasteiger partial charge < -0.3 is 9.47 Å². The van der Waals surface area contributed by atoms with Crippen LogP contribution in [0.3, 0.4) is 0 Å². The molecule has 4 aromatic carbocycles. The van der Waals surface area contributed by atoms with E-state index in [0.717, 1.165) is 12.1 Å². The summed E-state index contributed by atoms with van der Waals surface area (Å²) in [7, 11) is -4.25. The largest absolute Gasteiger partial charge is 0.480 e. The molecular weight excluding hydrogens is 515 g/mol. The zero-order valence-corrected chi connectivity index (χ0v) is 19.9. The predicted molar refractivity (Wildman–Crippen MR) is 130 cm³/mol. The highest BCUT2D eigenvalue weighted by molar-refractivity contribution is 7.92. The van der Waals surface area contributed by atoms with Crippen molar-refractivity contribution in [3.63, 3.8) is 0 Å². The number of rotatable bonds is 6. The summed E-state index contributed by atoms with van der Waals surface area (Å²) < 4.78 is 79.4. The van der Waals surface area contributed by atoms with Crippen molar-refractivity contribution in [2.75, 3.05) is 4.72 Å². The van der Waals surface area contributed by atoms with E-state index < -0.39 is 33.5 Å². The van der Waals surface area contributed by atoms with E-state index in [0.29, 0.717) is 33.0 Å². The zero-order valence-electron chi connectivity index (χ0n) is 18.3. The maximum Gasteiger partial charge on any atom is 0.387 e. The number of sulfonamides is 1. The summed E-state index contributed by atoms with van der Waals surface area (Å²) in [5.41, 5.74) is 2.07. The first-order valence-corrected chi connectivity index (χ1v) is 12.5. The van der Waals surface area contributed by atoms with Crippen molar-refractivity contribution in [1.29, 1.82) is 0 Å². The molecule has 184 valence electrons. The summed E-state index contributed by atoms with van der Waals surface area (Å²) in [5.74, 6) is -0.677. The zero-order chi connectivity index (χ0) is 25.4. The van der Waals surface area contributed by atoms with Crippen LogP contribution in [0, 0.1) is 5.82 Å². The van der Waals surface area contributed by atoms with Crippen molar-refractivity contribution >= 4 is 27.3 Å². The molecule has 5 nitrogen and oxygen atoms in total. The third-order valence-electron chi connectivity index (χ3n) is 5.58. The molecule has 1 heterocycles. The molecular formula is C26H17ClF3NO4S. The minimum Gasteiger partial charge on any atom is -0.480 e. The molecule has 0 fully saturated rings. The fourth-order valence-electron chi connectivity index (χ4n) is 4.12. The van der Waals surface area contributed by atoms with Gasteiger partial charge in [-0.25, -0.2) is 12.8 Å². The normalized spacial score (nSPS) is 14.5. The van der Waals surface area contributed by atoms with E-state index in [9.17, 15) is 21.6 Å². The van der Waals surface area contributed by atoms with Gasteiger partial charge in [0.1, 0.15) is 28.3 Å². The average molecular weight is 532 g/mol. The number of halogens is 4. The predicted octanol–water partition coefficient (Wildman–Crippen LogP) is 7.03. The standard InChI is InChI=1S/C26H17ClF3NO4S/c27-16-6-3-5-15(13-16)25-19-14-17(31-36(32,33)23-10-2-1-7-20(23)28)11-12-18(19)24-21(34-25)8-4-9-22(24)35-26(29)30/h1-14,25-26,31H. The molecule has 1 aliphatic heterocycles. The fraction of sp³-hybridized carbons (Fsp3) is 0.0769. The minimum absolute atomic E-state index is 0.0898. The molecule has 0 aromatic heterocycles. The Labute approximate surface area is 210 Å². The lowest BCUT2D eigenvalue weighted by Gasteiger charge is -2.31. The van der Waals surface area contributed by atoms with Crippen molar-refractivity contribution in [2.45, 2.75) is 17.6 Å². The Morgan fingerprint density at radius 2 is 1.72 bits per heavy atom. The Morgan fingerprint density at radius 3 is 2.47 bits per heavy atom. The van der Waals surface area contributed by atoms with Crippen LogP contribution < -0.4 is 14.2 Å². The van der Waals surface area contributed by atoms with Gasteiger partial charge in [-0.05, 0) is 59.7 Å². The first-order chi connectivity index (χ1) is 17.2. The van der Waals surface area contributed by atoms with Crippen LogP contribution in [-0.4, -0.2) is 15.0 Å². The Balaban J connectivity index is 1.64. The molecule has 1 aliphatic rings. The monoisotopic (exact) mass is 531 g/mol. The van der Waals surface area contributed by atoms with Crippen LogP contribution in [0.4, 0.5) is 18.9 Å². The lowest BCUT2D eigenvalue weighted by molar-refractivity contribution is -0.0496. The molecule has 1 unspecified atom stereocenters. The number of hydrogen-bond donors (Lipinski definition) is 1. The Morgan fingerprint density at radius 1 is 0.944 bits per heavy atom. The molecule has 0 saturated heterocycles. The van der Waals surface area contributed by atoms with E-state index in [2.05, 4.69) is 4.72 Å². The highest BCUT2D eigenvalue weighted by Gasteiger charge is 2.31. The van der Waals surface area contributed by atoms with E-state index in [-0.39, 0.29) is 11.4 Å². The fourth-order valence-corrected chi connectivity index (χ4v) is 5.45. The van der Waals surface area contributed by atoms with Gasteiger partial charge in [-0.2, -0.15) is 8.78 Å². The number of anilines is 1. The SMILES string of the molecule is O=S(=O)(Nc1ccc2c(c1)C(c1cccc(Cl)c1)Oc1cccc(OC(F)F)c1-2)c1ccccc1F. The van der Waals surface area contributed by atoms with Gasteiger partial charge in [0.05, 0.1) is 5.56 Å². The summed E-state index contributed by atoms with van der Waals surface area (Å²) >= 11 is 6.19. The Hall–Kier alpha value is -3.69. The molecule has 0 radical (unpaired) electrons. The molecule has 0 saturated carbocycles. The molecule has 36 heavy (non-hydrogen) atoms. The molecule has 5 rings (SSSR count). The lowest BCUT2D eigenvalue weighted by Crippen LogP contribution is -2.18. The number of fused-ring (bicyclic) bond motifs is 3. The second kappa shape index (κ2) is 9.40. The number of benzene rings is 4. The van der Waals surface area contributed by atoms with Crippen LogP contribution in [-0.2, 0) is 10.0 Å². The van der Waals surface area contributed by atoms with Crippen LogP contribution in [0.5, 0.6) is 11.5 Å². The number of alkyl halides is 2. The van der Waals surface area contributed by atoms with Crippen molar-refractivity contribution in [3.05, 3.63) is 107 Å². The van der Waals surface area contributed by atoms with Gasteiger partial charge in [0, 0.05) is 16.3 Å². The van der Waals surface area contributed by atoms with E-state index in [1.807, 2.05) is 0 Å². The van der Waals surface area contributed by atoms with Crippen LogP contribution in [0.2, 0.25) is 5.02 Å². The first kappa shape index (κ1) is 24.0. The van der Waals surface area contributed by atoms with E-state index >= 15 is 0 Å². The number of nitrogens with one attached hydrogen (secondary N) is 1. The Bertz CT molecular complexity index is 1560. The molecule has 0 spiro atoms. The van der Waals surface area contributed by atoms with E-state index in [1.165, 1.54) is 36.4 Å². The quantitative estimate of drug-likeness (QED) is 0.290. The third kappa shape index (κ3) is 4.59. The maximum atomic E-state index is 14.2. The van der Waals surface area contributed by atoms with Crippen molar-refractivity contribution in [2.24, 2.45) is 0 Å². The maximum absolute atomic E-state index is 14.2. The van der Waals surface area contributed by atoms with Gasteiger partial charge in [-0.3, -0.25) is 4.72 Å². The van der Waals surface area contributed by atoms with Gasteiger partial charge in [-0.1, -0.05) is 48.0 Å². The van der Waals surface area contributed by atoms with Crippen molar-refractivity contribution in [1.82, 2.24) is 0 Å². The highest BCUT2D eigenvalue weighted by atomic mass is 35.5. The first-order valence-electron chi connectivity index (χ1n) is 10.6. The molecule has 4 aromatic rings. The van der Waals surface area contributed by atoms with E-state index in [1.54, 1.807) is 36.4 Å². The van der Waals surface area contributed by atoms with Gasteiger partial charge in [0.25, 0.3) is 10.0 Å². The summed E-state index contributed by atoms with van der Waals surface area (Å²) in [6.07, 6.45) is -0.745. The van der Waals surface area contributed by atoms with Crippen LogP contribution in [0.15, 0.2) is 89.8 Å². The summed E-state index contributed by atoms with van der Waals surface area (Å²) in [4.78, 5) is -0.511. The van der Waals surface area contributed by atoms with Crippen LogP contribution in [0.25, 0.3) is 11.1 Å². The van der Waals surface area contributed by atoms with Crippen LogP contribution in [0.1, 0.15) is 17.2 Å². The molecule has 0 aliphatic carbocycles. The molecule has 1 atom stereocenters. The lowest BCUT2D eigenvalue weighted by atomic mass is 9.89. The van der Waals surface area contributed by atoms with Gasteiger partial charge in [0.2, 0.25) is 0 Å². The number of hydrogen-bond acceptors (Lipinski definition) is 4. The smallest absolute Gasteiger partial charge is 0.387 e. The minimum atomic E-state index is -4.25. The molecule has 1 N–H and O–H groups in total. The summed E-state index contributed by atoms with van der Waals surface area (Å²) in [6, 6.07) is 21.0. The van der Waals surface area contributed by atoms with Crippen LogP contribution >= 0.6 is 11.6 Å². The number of ether oxygens (including phenoxy) is 2. The average Bonchev–Trinajstić information content (AvgIpc) is 2.83. The summed E-state index contributed by atoms with van der Waals surface area (Å²) in [6.45, 7) is -3.06. The highest BCUT2D eigenvalue weighted by Crippen LogP contribution is 2.50. The molecule has 0 bridgehead atoms. The Kier molecular flexibility index (Phi) is 6.27. The topological polar surface area (TPSA) is 64.6 Å². The molecule has 0 amide bonds. The summed E-state index contributed by atoms with van der Waals surface area (Å²) in [5, 5.41) is 0.453. The van der Waals surface area contributed by atoms with Gasteiger partial charge in [0.15, 0.2) is 0 Å². The third-order valence-corrected chi connectivity index (χ3v) is 7.23. The molecule has 10 heteroatoms. The van der Waals surface area contributed by atoms with Gasteiger partial charge >= 0.3 is 6.61 Å². The second-order valence-corrected chi connectivity index (χ2v) is 9.99. The van der Waals surface area contributed by atoms with E-state index in [4.69, 9.17) is 21.1 Å². The van der Waals surface area contributed by atoms with Crippen molar-refractivity contribution in [3.8, 4) is 22.6 Å². The van der Waals surface area contributed by atoms with Crippen molar-refractivity contribution < 1.29 is 31.1 Å². The second-order valence-electron chi connectivity index (χ2n) is 7.90. The van der Waals surface area contributed by atoms with Gasteiger partial charge in [-0.15, -0.1) is 0 Å².